The van der Waals surface area contributed by atoms with E-state index < -0.39 is 5.97 Å². The normalized spacial score (nSPS) is 20.1. The molecule has 2 heterocycles. The lowest BCUT2D eigenvalue weighted by atomic mass is 10.3. The second-order valence-electron chi connectivity index (χ2n) is 4.67. The fourth-order valence-electron chi connectivity index (χ4n) is 1.94. The SMILES string of the molecule is CC(NC(=O)N1CCOC(CO)C1)c1nc(C(=O)O)cs1. The molecule has 1 aliphatic rings. The Labute approximate surface area is 125 Å². The summed E-state index contributed by atoms with van der Waals surface area (Å²) in [5.41, 5.74) is -0.0252. The van der Waals surface area contributed by atoms with Gasteiger partial charge in [0.25, 0.3) is 0 Å². The minimum Gasteiger partial charge on any atom is -0.476 e. The summed E-state index contributed by atoms with van der Waals surface area (Å²) < 4.78 is 5.28. The number of urea groups is 1. The second kappa shape index (κ2) is 6.83. The highest BCUT2D eigenvalue weighted by Crippen LogP contribution is 2.18. The van der Waals surface area contributed by atoms with Crippen molar-refractivity contribution in [2.45, 2.75) is 19.1 Å². The van der Waals surface area contributed by atoms with E-state index in [2.05, 4.69) is 10.3 Å². The van der Waals surface area contributed by atoms with Gasteiger partial charge in [-0.2, -0.15) is 0 Å². The summed E-state index contributed by atoms with van der Waals surface area (Å²) in [6.45, 7) is 2.77. The van der Waals surface area contributed by atoms with Crippen molar-refractivity contribution in [1.82, 2.24) is 15.2 Å². The van der Waals surface area contributed by atoms with Crippen molar-refractivity contribution < 1.29 is 24.5 Å². The number of amides is 2. The Morgan fingerprint density at radius 2 is 2.43 bits per heavy atom. The number of morpholine rings is 1. The minimum absolute atomic E-state index is 0.0252. The smallest absolute Gasteiger partial charge is 0.355 e. The van der Waals surface area contributed by atoms with Gasteiger partial charge < -0.3 is 25.2 Å². The zero-order valence-corrected chi connectivity index (χ0v) is 12.3. The maximum atomic E-state index is 12.1. The Morgan fingerprint density at radius 3 is 3.05 bits per heavy atom. The van der Waals surface area contributed by atoms with Crippen LogP contribution in [0.1, 0.15) is 28.5 Å². The number of hydrogen-bond acceptors (Lipinski definition) is 6. The molecule has 1 aliphatic heterocycles. The monoisotopic (exact) mass is 315 g/mol. The lowest BCUT2D eigenvalue weighted by molar-refractivity contribution is -0.0404. The van der Waals surface area contributed by atoms with Gasteiger partial charge in [0, 0.05) is 11.9 Å². The number of carboxylic acids is 1. The molecule has 0 aromatic carbocycles. The molecule has 116 valence electrons. The van der Waals surface area contributed by atoms with E-state index in [9.17, 15) is 9.59 Å². The number of hydrogen-bond donors (Lipinski definition) is 3. The second-order valence-corrected chi connectivity index (χ2v) is 5.56. The predicted octanol–water partition coefficient (Wildman–Crippen LogP) is 0.305. The van der Waals surface area contributed by atoms with Crippen LogP contribution < -0.4 is 5.32 Å². The van der Waals surface area contributed by atoms with Crippen molar-refractivity contribution in [2.75, 3.05) is 26.3 Å². The molecule has 9 heteroatoms. The molecule has 0 aliphatic carbocycles. The fourth-order valence-corrected chi connectivity index (χ4v) is 2.74. The van der Waals surface area contributed by atoms with E-state index >= 15 is 0 Å². The third-order valence-corrected chi connectivity index (χ3v) is 4.11. The van der Waals surface area contributed by atoms with Crippen LogP contribution in [0.3, 0.4) is 0 Å². The van der Waals surface area contributed by atoms with E-state index in [-0.39, 0.29) is 30.5 Å². The first-order valence-corrected chi connectivity index (χ1v) is 7.36. The van der Waals surface area contributed by atoms with E-state index in [0.717, 1.165) is 0 Å². The van der Waals surface area contributed by atoms with Gasteiger partial charge in [-0.25, -0.2) is 14.6 Å². The molecule has 1 fully saturated rings. The lowest BCUT2D eigenvalue weighted by Gasteiger charge is -2.32. The van der Waals surface area contributed by atoms with Crippen molar-refractivity contribution >= 4 is 23.3 Å². The number of rotatable bonds is 4. The summed E-state index contributed by atoms with van der Waals surface area (Å²) in [6, 6.07) is -0.664. The number of aromatic carboxylic acids is 1. The van der Waals surface area contributed by atoms with Crippen molar-refractivity contribution in [3.63, 3.8) is 0 Å². The molecular formula is C12H17N3O5S. The summed E-state index contributed by atoms with van der Waals surface area (Å²) in [6.07, 6.45) is -0.363. The number of aromatic nitrogens is 1. The van der Waals surface area contributed by atoms with E-state index in [4.69, 9.17) is 14.9 Å². The molecule has 1 aromatic rings. The molecule has 2 atom stereocenters. The number of aliphatic hydroxyl groups excluding tert-OH is 1. The van der Waals surface area contributed by atoms with Crippen LogP contribution in [0, 0.1) is 0 Å². The van der Waals surface area contributed by atoms with Crippen LogP contribution in [-0.4, -0.2) is 64.5 Å². The molecule has 21 heavy (non-hydrogen) atoms. The van der Waals surface area contributed by atoms with Gasteiger partial charge in [0.2, 0.25) is 0 Å². The fraction of sp³-hybridized carbons (Fsp3) is 0.583. The Bertz CT molecular complexity index is 521. The average Bonchev–Trinajstić information content (AvgIpc) is 2.97. The van der Waals surface area contributed by atoms with Gasteiger partial charge in [0.05, 0.1) is 31.9 Å². The van der Waals surface area contributed by atoms with Gasteiger partial charge in [-0.3, -0.25) is 0 Å². The number of carbonyl (C=O) groups excluding carboxylic acids is 1. The van der Waals surface area contributed by atoms with Gasteiger partial charge in [-0.1, -0.05) is 0 Å². The molecule has 0 saturated carbocycles. The van der Waals surface area contributed by atoms with Crippen LogP contribution in [0.25, 0.3) is 0 Å². The largest absolute Gasteiger partial charge is 0.476 e. The van der Waals surface area contributed by atoms with Crippen LogP contribution in [0.15, 0.2) is 5.38 Å². The first-order valence-electron chi connectivity index (χ1n) is 6.48. The van der Waals surface area contributed by atoms with E-state index in [1.165, 1.54) is 16.7 Å². The highest BCUT2D eigenvalue weighted by atomic mass is 32.1. The van der Waals surface area contributed by atoms with Crippen molar-refractivity contribution in [2.24, 2.45) is 0 Å². The average molecular weight is 315 g/mol. The number of carboxylic acid groups (broad SMARTS) is 1. The number of nitrogens with one attached hydrogen (secondary N) is 1. The van der Waals surface area contributed by atoms with Crippen LogP contribution in [0.4, 0.5) is 4.79 Å². The van der Waals surface area contributed by atoms with Gasteiger partial charge in [-0.05, 0) is 6.92 Å². The molecule has 3 N–H and O–H groups in total. The topological polar surface area (TPSA) is 112 Å². The number of nitrogens with zero attached hydrogens (tertiary/aromatic N) is 2. The Morgan fingerprint density at radius 1 is 1.67 bits per heavy atom. The van der Waals surface area contributed by atoms with Crippen LogP contribution in [-0.2, 0) is 4.74 Å². The van der Waals surface area contributed by atoms with Crippen LogP contribution in [0.2, 0.25) is 0 Å². The predicted molar refractivity (Wildman–Crippen MR) is 74.4 cm³/mol. The quantitative estimate of drug-likeness (QED) is 0.737. The third kappa shape index (κ3) is 3.90. The zero-order chi connectivity index (χ0) is 15.4. The number of carbonyl (C=O) groups is 2. The molecule has 2 rings (SSSR count). The standard InChI is InChI=1S/C12H17N3O5S/c1-7(10-14-9(6-21-10)11(17)18)13-12(19)15-2-3-20-8(4-15)5-16/h6-8,16H,2-5H2,1H3,(H,13,19)(H,17,18). The molecule has 0 bridgehead atoms. The number of thiazole rings is 1. The summed E-state index contributed by atoms with van der Waals surface area (Å²) in [5, 5.41) is 22.6. The van der Waals surface area contributed by atoms with Crippen LogP contribution in [0.5, 0.6) is 0 Å². The number of ether oxygens (including phenoxy) is 1. The van der Waals surface area contributed by atoms with Crippen molar-refractivity contribution in [1.29, 1.82) is 0 Å². The highest BCUT2D eigenvalue weighted by molar-refractivity contribution is 7.09. The Hall–Kier alpha value is -1.71. The van der Waals surface area contributed by atoms with Crippen molar-refractivity contribution in [3.8, 4) is 0 Å². The number of aliphatic hydroxyl groups is 1. The van der Waals surface area contributed by atoms with Crippen LogP contribution >= 0.6 is 11.3 Å². The maximum absolute atomic E-state index is 12.1. The molecule has 0 radical (unpaired) electrons. The summed E-state index contributed by atoms with van der Waals surface area (Å²) in [7, 11) is 0. The Kier molecular flexibility index (Phi) is 5.10. The Balaban J connectivity index is 1.93. The molecule has 1 saturated heterocycles. The van der Waals surface area contributed by atoms with Crippen molar-refractivity contribution in [3.05, 3.63) is 16.1 Å². The van der Waals surface area contributed by atoms with Gasteiger partial charge in [-0.15, -0.1) is 11.3 Å². The van der Waals surface area contributed by atoms with E-state index in [1.807, 2.05) is 0 Å². The molecule has 8 nitrogen and oxygen atoms in total. The third-order valence-electron chi connectivity index (χ3n) is 3.08. The molecule has 0 spiro atoms. The molecule has 2 unspecified atom stereocenters. The maximum Gasteiger partial charge on any atom is 0.355 e. The van der Waals surface area contributed by atoms with E-state index in [1.54, 1.807) is 11.8 Å². The molecule has 2 amide bonds. The summed E-state index contributed by atoms with van der Waals surface area (Å²) in [5.74, 6) is -1.09. The van der Waals surface area contributed by atoms with Gasteiger partial charge in [0.1, 0.15) is 5.01 Å². The summed E-state index contributed by atoms with van der Waals surface area (Å²) in [4.78, 5) is 28.4. The zero-order valence-electron chi connectivity index (χ0n) is 11.5. The first kappa shape index (κ1) is 15.7. The van der Waals surface area contributed by atoms with Gasteiger partial charge >= 0.3 is 12.0 Å². The van der Waals surface area contributed by atoms with E-state index in [0.29, 0.717) is 24.7 Å². The first-order chi connectivity index (χ1) is 10.0. The molecule has 1 aromatic heterocycles. The minimum atomic E-state index is -1.09. The molecular weight excluding hydrogens is 298 g/mol. The highest BCUT2D eigenvalue weighted by Gasteiger charge is 2.25. The van der Waals surface area contributed by atoms with Gasteiger partial charge in [0.15, 0.2) is 5.69 Å². The lowest BCUT2D eigenvalue weighted by Crippen LogP contribution is -2.50. The summed E-state index contributed by atoms with van der Waals surface area (Å²) >= 11 is 1.19.